The molecule has 0 aliphatic carbocycles. The molecule has 0 N–H and O–H groups in total. The minimum absolute atomic E-state index is 0.428. The maximum absolute atomic E-state index is 10.2. The van der Waals surface area contributed by atoms with E-state index in [-0.39, 0.29) is 0 Å². The van der Waals surface area contributed by atoms with Gasteiger partial charge in [0.15, 0.2) is 0 Å². The van der Waals surface area contributed by atoms with Crippen LogP contribution in [0.4, 0.5) is 0 Å². The molecule has 0 fully saturated rings. The van der Waals surface area contributed by atoms with E-state index in [0.717, 1.165) is 15.6 Å². The van der Waals surface area contributed by atoms with Gasteiger partial charge in [-0.15, -0.1) is 0 Å². The van der Waals surface area contributed by atoms with Gasteiger partial charge in [-0.05, 0) is 47.0 Å². The first-order chi connectivity index (χ1) is 6.50. The van der Waals surface area contributed by atoms with E-state index < -0.39 is 12.6 Å². The molecule has 0 saturated carbocycles. The molecule has 0 atom stereocenters. The number of aliphatic carboxylic acids is 1. The highest BCUT2D eigenvalue weighted by atomic mass is 79.9. The number of hydrogen-bond donors (Lipinski definition) is 0. The summed E-state index contributed by atoms with van der Waals surface area (Å²) < 4.78 is 5.84. The first-order valence-corrected chi connectivity index (χ1v) is 4.89. The van der Waals surface area contributed by atoms with Gasteiger partial charge in [0.1, 0.15) is 12.4 Å². The molecular weight excluding hydrogens is 248 g/mol. The number of carbonyl (C=O) groups is 1. The van der Waals surface area contributed by atoms with Gasteiger partial charge >= 0.3 is 0 Å². The van der Waals surface area contributed by atoms with Crippen LogP contribution in [0.15, 0.2) is 16.6 Å². The number of benzene rings is 1. The SMILES string of the molecule is Cc1cc(C)c(OCC(=O)[O-])c(Br)c1. The highest BCUT2D eigenvalue weighted by molar-refractivity contribution is 9.10. The van der Waals surface area contributed by atoms with E-state index in [9.17, 15) is 9.90 Å². The zero-order valence-corrected chi connectivity index (χ0v) is 9.55. The largest absolute Gasteiger partial charge is 0.546 e. The van der Waals surface area contributed by atoms with Gasteiger partial charge in [-0.1, -0.05) is 6.07 Å². The molecule has 0 unspecified atom stereocenters. The van der Waals surface area contributed by atoms with Crippen molar-refractivity contribution in [3.63, 3.8) is 0 Å². The maximum Gasteiger partial charge on any atom is 0.136 e. The van der Waals surface area contributed by atoms with Gasteiger partial charge in [0.05, 0.1) is 10.4 Å². The van der Waals surface area contributed by atoms with E-state index in [2.05, 4.69) is 15.9 Å². The minimum atomic E-state index is -1.23. The van der Waals surface area contributed by atoms with E-state index in [1.807, 2.05) is 26.0 Å². The smallest absolute Gasteiger partial charge is 0.136 e. The fraction of sp³-hybridized carbons (Fsp3) is 0.300. The minimum Gasteiger partial charge on any atom is -0.546 e. The number of carboxylic acid groups (broad SMARTS) is 1. The molecule has 0 aromatic heterocycles. The number of aryl methyl sites for hydroxylation is 2. The molecule has 76 valence electrons. The van der Waals surface area contributed by atoms with Crippen LogP contribution in [0.25, 0.3) is 0 Å². The number of hydrogen-bond acceptors (Lipinski definition) is 3. The molecule has 0 bridgehead atoms. The van der Waals surface area contributed by atoms with E-state index in [1.54, 1.807) is 0 Å². The zero-order valence-electron chi connectivity index (χ0n) is 7.96. The van der Waals surface area contributed by atoms with Crippen molar-refractivity contribution >= 4 is 21.9 Å². The van der Waals surface area contributed by atoms with Gasteiger partial charge in [0, 0.05) is 0 Å². The molecule has 0 saturated heterocycles. The molecule has 4 heteroatoms. The summed E-state index contributed by atoms with van der Waals surface area (Å²) in [6.07, 6.45) is 0. The average molecular weight is 258 g/mol. The first kappa shape index (κ1) is 11.0. The van der Waals surface area contributed by atoms with E-state index in [4.69, 9.17) is 4.74 Å². The van der Waals surface area contributed by atoms with Gasteiger partial charge in [-0.3, -0.25) is 0 Å². The summed E-state index contributed by atoms with van der Waals surface area (Å²) in [5.41, 5.74) is 1.99. The fourth-order valence-electron chi connectivity index (χ4n) is 1.22. The molecule has 1 aromatic rings. The van der Waals surface area contributed by atoms with Crippen LogP contribution in [-0.2, 0) is 4.79 Å². The van der Waals surface area contributed by atoms with Gasteiger partial charge in [-0.2, -0.15) is 0 Å². The second kappa shape index (κ2) is 4.46. The van der Waals surface area contributed by atoms with Crippen molar-refractivity contribution < 1.29 is 14.6 Å². The van der Waals surface area contributed by atoms with Gasteiger partial charge in [-0.25, -0.2) is 0 Å². The number of rotatable bonds is 3. The third-order valence-corrected chi connectivity index (χ3v) is 2.30. The summed E-state index contributed by atoms with van der Waals surface area (Å²) in [5, 5.41) is 10.2. The second-order valence-electron chi connectivity index (χ2n) is 3.05. The Kier molecular flexibility index (Phi) is 3.52. The Bertz CT molecular complexity index is 337. The maximum atomic E-state index is 10.2. The third-order valence-electron chi connectivity index (χ3n) is 1.71. The molecule has 14 heavy (non-hydrogen) atoms. The van der Waals surface area contributed by atoms with Crippen LogP contribution < -0.4 is 9.84 Å². The lowest BCUT2D eigenvalue weighted by Crippen LogP contribution is -2.29. The Hall–Kier alpha value is -1.03. The highest BCUT2D eigenvalue weighted by Crippen LogP contribution is 2.29. The van der Waals surface area contributed by atoms with Crippen molar-refractivity contribution in [3.05, 3.63) is 27.7 Å². The topological polar surface area (TPSA) is 49.4 Å². The lowest BCUT2D eigenvalue weighted by Gasteiger charge is -2.12. The molecule has 1 rings (SSSR count). The zero-order chi connectivity index (χ0) is 10.7. The third kappa shape index (κ3) is 2.73. The summed E-state index contributed by atoms with van der Waals surface area (Å²) in [4.78, 5) is 10.2. The summed E-state index contributed by atoms with van der Waals surface area (Å²) in [5.74, 6) is -0.670. The second-order valence-corrected chi connectivity index (χ2v) is 3.91. The lowest BCUT2D eigenvalue weighted by molar-refractivity contribution is -0.307. The summed E-state index contributed by atoms with van der Waals surface area (Å²) in [6.45, 7) is 3.39. The van der Waals surface area contributed by atoms with Crippen LogP contribution in [0.2, 0.25) is 0 Å². The average Bonchev–Trinajstić information content (AvgIpc) is 2.01. The van der Waals surface area contributed by atoms with Crippen molar-refractivity contribution in [1.29, 1.82) is 0 Å². The number of halogens is 1. The summed E-state index contributed by atoms with van der Waals surface area (Å²) >= 11 is 3.31. The van der Waals surface area contributed by atoms with Crippen molar-refractivity contribution in [2.45, 2.75) is 13.8 Å². The Morgan fingerprint density at radius 3 is 2.64 bits per heavy atom. The standard InChI is InChI=1S/C10H11BrO3/c1-6-3-7(2)10(8(11)4-6)14-5-9(12)13/h3-4H,5H2,1-2H3,(H,12,13)/p-1. The normalized spacial score (nSPS) is 9.93. The van der Waals surface area contributed by atoms with E-state index in [0.29, 0.717) is 5.75 Å². The van der Waals surface area contributed by atoms with Crippen molar-refractivity contribution in [2.75, 3.05) is 6.61 Å². The Morgan fingerprint density at radius 2 is 2.14 bits per heavy atom. The number of carboxylic acids is 1. The monoisotopic (exact) mass is 257 g/mol. The van der Waals surface area contributed by atoms with Crippen LogP contribution in [-0.4, -0.2) is 12.6 Å². The lowest BCUT2D eigenvalue weighted by atomic mass is 10.1. The molecule has 0 radical (unpaired) electrons. The summed E-state index contributed by atoms with van der Waals surface area (Å²) in [6, 6.07) is 3.80. The first-order valence-electron chi connectivity index (χ1n) is 4.10. The molecule has 0 aliphatic rings. The van der Waals surface area contributed by atoms with Crippen molar-refractivity contribution in [1.82, 2.24) is 0 Å². The predicted octanol–water partition coefficient (Wildman–Crippen LogP) is 1.19. The van der Waals surface area contributed by atoms with E-state index in [1.165, 1.54) is 0 Å². The van der Waals surface area contributed by atoms with Gasteiger partial charge < -0.3 is 14.6 Å². The molecule has 1 aromatic carbocycles. The van der Waals surface area contributed by atoms with Crippen LogP contribution >= 0.6 is 15.9 Å². The van der Waals surface area contributed by atoms with Crippen molar-refractivity contribution in [3.8, 4) is 5.75 Å². The van der Waals surface area contributed by atoms with Crippen LogP contribution in [0, 0.1) is 13.8 Å². The Labute approximate surface area is 90.8 Å². The van der Waals surface area contributed by atoms with Crippen LogP contribution in [0.3, 0.4) is 0 Å². The predicted molar refractivity (Wildman–Crippen MR) is 54.1 cm³/mol. The molecule has 0 spiro atoms. The quantitative estimate of drug-likeness (QED) is 0.818. The number of ether oxygens (including phenoxy) is 1. The fourth-order valence-corrected chi connectivity index (χ4v) is 2.00. The van der Waals surface area contributed by atoms with E-state index >= 15 is 0 Å². The Morgan fingerprint density at radius 1 is 1.50 bits per heavy atom. The molecular formula is C10H10BrO3-. The highest BCUT2D eigenvalue weighted by Gasteiger charge is 2.05. The van der Waals surface area contributed by atoms with Gasteiger partial charge in [0.25, 0.3) is 0 Å². The van der Waals surface area contributed by atoms with Gasteiger partial charge in [0.2, 0.25) is 0 Å². The van der Waals surface area contributed by atoms with Crippen molar-refractivity contribution in [2.24, 2.45) is 0 Å². The van der Waals surface area contributed by atoms with Crippen LogP contribution in [0.5, 0.6) is 5.75 Å². The Balaban J connectivity index is 2.91. The molecule has 0 amide bonds. The summed E-state index contributed by atoms with van der Waals surface area (Å²) in [7, 11) is 0. The molecule has 3 nitrogen and oxygen atoms in total. The number of carbonyl (C=O) groups excluding carboxylic acids is 1. The van der Waals surface area contributed by atoms with Crippen LogP contribution in [0.1, 0.15) is 11.1 Å². The molecule has 0 heterocycles. The molecule has 0 aliphatic heterocycles.